The van der Waals surface area contributed by atoms with Crippen LogP contribution < -0.4 is 9.64 Å². The summed E-state index contributed by atoms with van der Waals surface area (Å²) in [5.74, 6) is -0.0731. The van der Waals surface area contributed by atoms with E-state index in [1.807, 2.05) is 35.2 Å². The first-order valence-corrected chi connectivity index (χ1v) is 12.3. The van der Waals surface area contributed by atoms with E-state index in [2.05, 4.69) is 20.8 Å². The van der Waals surface area contributed by atoms with Crippen molar-refractivity contribution in [3.8, 4) is 5.75 Å². The van der Waals surface area contributed by atoms with Crippen LogP contribution in [0.3, 0.4) is 0 Å². The molecule has 0 saturated carbocycles. The first-order chi connectivity index (χ1) is 15.4. The molecule has 0 aromatic heterocycles. The fraction of sp³-hybridized carbons (Fsp3) is 0.435. The van der Waals surface area contributed by atoms with Crippen molar-refractivity contribution in [1.29, 1.82) is 0 Å². The highest BCUT2D eigenvalue weighted by atomic mass is 79.9. The monoisotopic (exact) mass is 542 g/mol. The maximum atomic E-state index is 11.5. The maximum Gasteiger partial charge on any atom is 0.219 e. The van der Waals surface area contributed by atoms with Crippen LogP contribution >= 0.6 is 39.1 Å². The predicted molar refractivity (Wildman–Crippen MR) is 129 cm³/mol. The van der Waals surface area contributed by atoms with Gasteiger partial charge in [-0.25, -0.2) is 0 Å². The van der Waals surface area contributed by atoms with E-state index in [0.717, 1.165) is 43.2 Å². The Morgan fingerprint density at radius 3 is 2.50 bits per heavy atom. The molecule has 2 aromatic carbocycles. The van der Waals surface area contributed by atoms with E-state index < -0.39 is 5.79 Å². The van der Waals surface area contributed by atoms with Gasteiger partial charge < -0.3 is 24.0 Å². The van der Waals surface area contributed by atoms with Gasteiger partial charge in [-0.15, -0.1) is 0 Å². The van der Waals surface area contributed by atoms with Gasteiger partial charge in [0.2, 0.25) is 11.7 Å². The van der Waals surface area contributed by atoms with Gasteiger partial charge in [-0.2, -0.15) is 0 Å². The highest BCUT2D eigenvalue weighted by Gasteiger charge is 2.44. The highest BCUT2D eigenvalue weighted by molar-refractivity contribution is 9.09. The standard InChI is InChI=1S/C23H25BrCl2N2O4/c1-16(29)27-8-10-28(11-9-27)18-3-5-19(6-4-18)30-13-20-14-31-23(15-24,32-20)21-7-2-17(25)12-22(21)26/h2-7,12,20H,8-11,13-15H2,1H3/t20-,23+/m1/s1. The number of benzene rings is 2. The summed E-state index contributed by atoms with van der Waals surface area (Å²) in [4.78, 5) is 15.6. The molecule has 2 aliphatic rings. The van der Waals surface area contributed by atoms with E-state index in [1.165, 1.54) is 0 Å². The average Bonchev–Trinajstić information content (AvgIpc) is 3.22. The minimum absolute atomic E-state index is 0.133. The van der Waals surface area contributed by atoms with E-state index in [9.17, 15) is 4.79 Å². The lowest BCUT2D eigenvalue weighted by Gasteiger charge is -2.35. The molecule has 2 atom stereocenters. The molecule has 0 aliphatic carbocycles. The Balaban J connectivity index is 1.32. The summed E-state index contributed by atoms with van der Waals surface area (Å²) in [6.45, 7) is 5.52. The van der Waals surface area contributed by atoms with Crippen molar-refractivity contribution in [2.45, 2.75) is 18.8 Å². The number of nitrogens with zero attached hydrogens (tertiary/aromatic N) is 2. The molecule has 2 heterocycles. The lowest BCUT2D eigenvalue weighted by atomic mass is 10.1. The summed E-state index contributed by atoms with van der Waals surface area (Å²) in [6.07, 6.45) is -0.237. The zero-order valence-corrected chi connectivity index (χ0v) is 20.8. The summed E-state index contributed by atoms with van der Waals surface area (Å²) < 4.78 is 18.2. The van der Waals surface area contributed by atoms with Gasteiger partial charge in [0, 0.05) is 49.4 Å². The zero-order valence-electron chi connectivity index (χ0n) is 17.7. The number of anilines is 1. The second kappa shape index (κ2) is 10.2. The second-order valence-electron chi connectivity index (χ2n) is 7.86. The van der Waals surface area contributed by atoms with Crippen LogP contribution in [0.25, 0.3) is 0 Å². The molecule has 0 bridgehead atoms. The minimum atomic E-state index is -0.971. The lowest BCUT2D eigenvalue weighted by molar-refractivity contribution is -0.159. The van der Waals surface area contributed by atoms with Gasteiger partial charge in [-0.05, 0) is 36.4 Å². The van der Waals surface area contributed by atoms with Crippen LogP contribution in [0.15, 0.2) is 42.5 Å². The number of alkyl halides is 1. The third-order valence-electron chi connectivity index (χ3n) is 5.74. The Bertz CT molecular complexity index is 954. The van der Waals surface area contributed by atoms with Crippen molar-refractivity contribution in [3.63, 3.8) is 0 Å². The number of carbonyl (C=O) groups is 1. The van der Waals surface area contributed by atoms with Crippen molar-refractivity contribution >= 4 is 50.7 Å². The number of halogens is 3. The molecule has 2 aliphatic heterocycles. The van der Waals surface area contributed by atoms with E-state index in [4.69, 9.17) is 37.4 Å². The van der Waals surface area contributed by atoms with Crippen LogP contribution in [0, 0.1) is 0 Å². The van der Waals surface area contributed by atoms with Crippen LogP contribution in [-0.2, 0) is 20.1 Å². The first kappa shape index (κ1) is 23.6. The summed E-state index contributed by atoms with van der Waals surface area (Å²) in [6, 6.07) is 13.3. The molecule has 0 spiro atoms. The molecule has 6 nitrogen and oxygen atoms in total. The minimum Gasteiger partial charge on any atom is -0.491 e. The van der Waals surface area contributed by atoms with Gasteiger partial charge in [-0.1, -0.05) is 45.2 Å². The van der Waals surface area contributed by atoms with Crippen LogP contribution in [0.2, 0.25) is 10.0 Å². The Morgan fingerprint density at radius 2 is 1.88 bits per heavy atom. The molecule has 0 N–H and O–H groups in total. The molecule has 9 heteroatoms. The van der Waals surface area contributed by atoms with E-state index >= 15 is 0 Å². The van der Waals surface area contributed by atoms with E-state index in [-0.39, 0.29) is 12.0 Å². The molecular formula is C23H25BrCl2N2O4. The van der Waals surface area contributed by atoms with Gasteiger partial charge in [0.1, 0.15) is 18.5 Å². The number of rotatable bonds is 6. The molecule has 172 valence electrons. The summed E-state index contributed by atoms with van der Waals surface area (Å²) >= 11 is 15.9. The average molecular weight is 544 g/mol. The number of carbonyl (C=O) groups excluding carboxylic acids is 1. The molecule has 2 saturated heterocycles. The highest BCUT2D eigenvalue weighted by Crippen LogP contribution is 2.40. The van der Waals surface area contributed by atoms with Gasteiger partial charge in [0.05, 0.1) is 17.0 Å². The SMILES string of the molecule is CC(=O)N1CCN(c2ccc(OC[C@@H]3CO[C@](CBr)(c4ccc(Cl)cc4Cl)O3)cc2)CC1. The van der Waals surface area contributed by atoms with Gasteiger partial charge >= 0.3 is 0 Å². The Kier molecular flexibility index (Phi) is 7.52. The molecule has 4 rings (SSSR count). The molecule has 2 fully saturated rings. The van der Waals surface area contributed by atoms with Crippen LogP contribution in [0.5, 0.6) is 5.75 Å². The van der Waals surface area contributed by atoms with Crippen molar-refractivity contribution in [3.05, 3.63) is 58.1 Å². The quantitative estimate of drug-likeness (QED) is 0.494. The van der Waals surface area contributed by atoms with Crippen molar-refractivity contribution in [2.24, 2.45) is 0 Å². The van der Waals surface area contributed by atoms with Crippen molar-refractivity contribution in [2.75, 3.05) is 49.6 Å². The lowest BCUT2D eigenvalue weighted by Crippen LogP contribution is -2.48. The predicted octanol–water partition coefficient (Wildman–Crippen LogP) is 4.70. The molecule has 0 unspecified atom stereocenters. The Hall–Kier alpha value is -1.51. The Labute approximate surface area is 206 Å². The first-order valence-electron chi connectivity index (χ1n) is 10.5. The maximum absolute atomic E-state index is 11.5. The summed E-state index contributed by atoms with van der Waals surface area (Å²) in [5, 5.41) is 1.49. The molecule has 0 radical (unpaired) electrons. The number of piperazine rings is 1. The molecular weight excluding hydrogens is 519 g/mol. The van der Waals surface area contributed by atoms with Gasteiger partial charge in [-0.3, -0.25) is 4.79 Å². The van der Waals surface area contributed by atoms with Gasteiger partial charge in [0.25, 0.3) is 0 Å². The fourth-order valence-corrected chi connectivity index (χ4v) is 5.10. The number of amides is 1. The second-order valence-corrected chi connectivity index (χ2v) is 9.26. The van der Waals surface area contributed by atoms with Crippen molar-refractivity contribution in [1.82, 2.24) is 4.90 Å². The van der Waals surface area contributed by atoms with Crippen LogP contribution in [-0.4, -0.2) is 61.6 Å². The number of hydrogen-bond donors (Lipinski definition) is 0. The molecule has 2 aromatic rings. The largest absolute Gasteiger partial charge is 0.491 e. The number of hydrogen-bond acceptors (Lipinski definition) is 5. The normalized spacial score (nSPS) is 23.4. The van der Waals surface area contributed by atoms with Crippen LogP contribution in [0.1, 0.15) is 12.5 Å². The number of ether oxygens (including phenoxy) is 3. The van der Waals surface area contributed by atoms with Crippen molar-refractivity contribution < 1.29 is 19.0 Å². The third kappa shape index (κ3) is 5.18. The van der Waals surface area contributed by atoms with Crippen LogP contribution in [0.4, 0.5) is 5.69 Å². The smallest absolute Gasteiger partial charge is 0.219 e. The Morgan fingerprint density at radius 1 is 1.16 bits per heavy atom. The van der Waals surface area contributed by atoms with Gasteiger partial charge in [0.15, 0.2) is 0 Å². The topological polar surface area (TPSA) is 51.2 Å². The van der Waals surface area contributed by atoms with E-state index in [1.54, 1.807) is 19.1 Å². The fourth-order valence-electron chi connectivity index (χ4n) is 3.95. The third-order valence-corrected chi connectivity index (χ3v) is 7.03. The summed E-state index contributed by atoms with van der Waals surface area (Å²) in [5.41, 5.74) is 1.86. The molecule has 32 heavy (non-hydrogen) atoms. The van der Waals surface area contributed by atoms with E-state index in [0.29, 0.717) is 28.6 Å². The summed E-state index contributed by atoms with van der Waals surface area (Å²) in [7, 11) is 0. The molecule has 1 amide bonds. The zero-order chi connectivity index (χ0) is 22.7.